The second-order valence-electron chi connectivity index (χ2n) is 3.25. The smallest absolute Gasteiger partial charge is 0.192 e. The van der Waals surface area contributed by atoms with Gasteiger partial charge in [0.15, 0.2) is 11.5 Å². The van der Waals surface area contributed by atoms with Crippen LogP contribution >= 0.6 is 0 Å². The Morgan fingerprint density at radius 2 is 2.00 bits per heavy atom. The molecule has 3 heteroatoms. The van der Waals surface area contributed by atoms with Gasteiger partial charge in [-0.05, 0) is 25.5 Å². The van der Waals surface area contributed by atoms with Gasteiger partial charge in [0.25, 0.3) is 0 Å². The molecule has 1 heterocycles. The van der Waals surface area contributed by atoms with Crippen LogP contribution in [0, 0.1) is 20.8 Å². The lowest BCUT2D eigenvalue weighted by molar-refractivity contribution is 0.467. The predicted octanol–water partition coefficient (Wildman–Crippen LogP) is 2.46. The summed E-state index contributed by atoms with van der Waals surface area (Å²) in [6, 6.07) is 1.80. The first-order valence-electron chi connectivity index (χ1n) is 4.16. The summed E-state index contributed by atoms with van der Waals surface area (Å²) >= 11 is 0. The Kier molecular flexibility index (Phi) is 1.55. The number of fused-ring (bicyclic) bond motifs is 1. The van der Waals surface area contributed by atoms with E-state index in [4.69, 9.17) is 4.42 Å². The molecule has 0 aliphatic rings. The summed E-state index contributed by atoms with van der Waals surface area (Å²) in [4.78, 5) is 4.19. The molecule has 0 radical (unpaired) electrons. The van der Waals surface area contributed by atoms with Crippen molar-refractivity contribution in [3.63, 3.8) is 0 Å². The maximum Gasteiger partial charge on any atom is 0.192 e. The Bertz CT molecular complexity index is 471. The van der Waals surface area contributed by atoms with E-state index in [0.29, 0.717) is 11.6 Å². The summed E-state index contributed by atoms with van der Waals surface area (Å²) < 4.78 is 5.36. The van der Waals surface area contributed by atoms with Crippen LogP contribution in [0.15, 0.2) is 10.5 Å². The van der Waals surface area contributed by atoms with Gasteiger partial charge in [-0.15, -0.1) is 0 Å². The first-order valence-corrected chi connectivity index (χ1v) is 4.16. The molecule has 2 aromatic rings. The predicted molar refractivity (Wildman–Crippen MR) is 49.9 cm³/mol. The van der Waals surface area contributed by atoms with E-state index >= 15 is 0 Å². The number of phenolic OH excluding ortho intramolecular Hbond substituents is 1. The van der Waals surface area contributed by atoms with Gasteiger partial charge in [0, 0.05) is 12.5 Å². The summed E-state index contributed by atoms with van der Waals surface area (Å²) in [5.41, 5.74) is 3.10. The number of hydrogen-bond acceptors (Lipinski definition) is 3. The molecule has 68 valence electrons. The molecule has 0 aliphatic heterocycles. The lowest BCUT2D eigenvalue weighted by Crippen LogP contribution is -1.82. The van der Waals surface area contributed by atoms with Gasteiger partial charge < -0.3 is 9.52 Å². The molecule has 0 saturated heterocycles. The molecule has 0 bridgehead atoms. The molecular formula is C10H11NO2. The second kappa shape index (κ2) is 2.49. The normalized spacial score (nSPS) is 11.0. The van der Waals surface area contributed by atoms with Gasteiger partial charge in [0.1, 0.15) is 11.3 Å². The van der Waals surface area contributed by atoms with Crippen LogP contribution in [0.5, 0.6) is 5.75 Å². The number of phenols is 1. The maximum atomic E-state index is 9.63. The van der Waals surface area contributed by atoms with Crippen molar-refractivity contribution in [3.05, 3.63) is 23.1 Å². The maximum absolute atomic E-state index is 9.63. The van der Waals surface area contributed by atoms with Crippen LogP contribution < -0.4 is 0 Å². The van der Waals surface area contributed by atoms with E-state index in [1.54, 1.807) is 13.0 Å². The van der Waals surface area contributed by atoms with Gasteiger partial charge in [-0.1, -0.05) is 0 Å². The average molecular weight is 177 g/mol. The van der Waals surface area contributed by atoms with Crippen LogP contribution in [0.25, 0.3) is 11.1 Å². The molecule has 0 amide bonds. The summed E-state index contributed by atoms with van der Waals surface area (Å²) in [6.45, 7) is 5.48. The minimum Gasteiger partial charge on any atom is -0.507 e. The van der Waals surface area contributed by atoms with E-state index < -0.39 is 0 Å². The van der Waals surface area contributed by atoms with Crippen molar-refractivity contribution in [1.82, 2.24) is 4.98 Å². The monoisotopic (exact) mass is 177 g/mol. The first-order chi connectivity index (χ1) is 6.09. The third-order valence-electron chi connectivity index (χ3n) is 2.19. The van der Waals surface area contributed by atoms with Crippen molar-refractivity contribution in [3.8, 4) is 5.75 Å². The Morgan fingerprint density at radius 1 is 1.31 bits per heavy atom. The molecule has 0 unspecified atom stereocenters. The molecule has 3 nitrogen and oxygen atoms in total. The van der Waals surface area contributed by atoms with Gasteiger partial charge in [0.2, 0.25) is 0 Å². The van der Waals surface area contributed by atoms with Crippen LogP contribution in [-0.4, -0.2) is 10.1 Å². The quantitative estimate of drug-likeness (QED) is 0.672. The number of nitrogens with zero attached hydrogens (tertiary/aromatic N) is 1. The van der Waals surface area contributed by atoms with Crippen molar-refractivity contribution < 1.29 is 9.52 Å². The summed E-state index contributed by atoms with van der Waals surface area (Å²) in [6.07, 6.45) is 0. The zero-order valence-corrected chi connectivity index (χ0v) is 7.88. The number of rotatable bonds is 0. The topological polar surface area (TPSA) is 46.3 Å². The number of aryl methyl sites for hydroxylation is 3. The Hall–Kier alpha value is -1.51. The molecule has 1 aromatic carbocycles. The number of hydrogen-bond donors (Lipinski definition) is 1. The van der Waals surface area contributed by atoms with Crippen molar-refractivity contribution in [2.24, 2.45) is 0 Å². The van der Waals surface area contributed by atoms with E-state index in [9.17, 15) is 5.11 Å². The molecule has 0 saturated carbocycles. The largest absolute Gasteiger partial charge is 0.507 e. The molecule has 0 spiro atoms. The molecule has 0 aliphatic carbocycles. The van der Waals surface area contributed by atoms with Crippen molar-refractivity contribution >= 4 is 11.1 Å². The number of aromatic nitrogens is 1. The van der Waals surface area contributed by atoms with E-state index in [-0.39, 0.29) is 0 Å². The Morgan fingerprint density at radius 3 is 2.69 bits per heavy atom. The van der Waals surface area contributed by atoms with Crippen molar-refractivity contribution in [2.45, 2.75) is 20.8 Å². The lowest BCUT2D eigenvalue weighted by Gasteiger charge is -2.01. The van der Waals surface area contributed by atoms with Crippen LogP contribution in [-0.2, 0) is 0 Å². The highest BCUT2D eigenvalue weighted by Crippen LogP contribution is 2.29. The fourth-order valence-electron chi connectivity index (χ4n) is 1.48. The van der Waals surface area contributed by atoms with Crippen LogP contribution in [0.3, 0.4) is 0 Å². The zero-order chi connectivity index (χ0) is 9.59. The molecule has 1 N–H and O–H groups in total. The van der Waals surface area contributed by atoms with Crippen molar-refractivity contribution in [2.75, 3.05) is 0 Å². The van der Waals surface area contributed by atoms with E-state index in [2.05, 4.69) is 4.98 Å². The third kappa shape index (κ3) is 1.08. The van der Waals surface area contributed by atoms with Gasteiger partial charge in [-0.2, -0.15) is 0 Å². The van der Waals surface area contributed by atoms with E-state index in [1.165, 1.54) is 0 Å². The summed E-state index contributed by atoms with van der Waals surface area (Å²) in [7, 11) is 0. The highest BCUT2D eigenvalue weighted by molar-refractivity contribution is 5.80. The molecule has 0 atom stereocenters. The summed E-state index contributed by atoms with van der Waals surface area (Å²) in [5.74, 6) is 0.934. The molecule has 13 heavy (non-hydrogen) atoms. The van der Waals surface area contributed by atoms with Crippen LogP contribution in [0.4, 0.5) is 0 Å². The van der Waals surface area contributed by atoms with Gasteiger partial charge in [-0.3, -0.25) is 0 Å². The van der Waals surface area contributed by atoms with Gasteiger partial charge >= 0.3 is 0 Å². The van der Waals surface area contributed by atoms with Gasteiger partial charge in [0.05, 0.1) is 0 Å². The number of aromatic hydroxyl groups is 1. The molecule has 2 rings (SSSR count). The van der Waals surface area contributed by atoms with Crippen molar-refractivity contribution in [1.29, 1.82) is 0 Å². The van der Waals surface area contributed by atoms with Gasteiger partial charge in [-0.25, -0.2) is 4.98 Å². The average Bonchev–Trinajstić information content (AvgIpc) is 2.42. The SMILES string of the molecule is Cc1nc2c(C)c(O)c(C)cc2o1. The standard InChI is InChI=1S/C10H11NO2/c1-5-4-8-9(6(2)10(5)12)11-7(3)13-8/h4,12H,1-3H3. The Balaban J connectivity index is 2.92. The zero-order valence-electron chi connectivity index (χ0n) is 7.88. The number of oxazole rings is 1. The van der Waals surface area contributed by atoms with E-state index in [0.717, 1.165) is 22.2 Å². The first kappa shape index (κ1) is 8.10. The minimum absolute atomic E-state index is 0.306. The highest BCUT2D eigenvalue weighted by Gasteiger charge is 2.10. The fourth-order valence-corrected chi connectivity index (χ4v) is 1.48. The number of benzene rings is 1. The fraction of sp³-hybridized carbons (Fsp3) is 0.300. The van der Waals surface area contributed by atoms with Crippen LogP contribution in [0.2, 0.25) is 0 Å². The summed E-state index contributed by atoms with van der Waals surface area (Å²) in [5, 5.41) is 9.63. The molecule has 1 aromatic heterocycles. The third-order valence-corrected chi connectivity index (χ3v) is 2.19. The Labute approximate surface area is 76.0 Å². The van der Waals surface area contributed by atoms with E-state index in [1.807, 2.05) is 13.8 Å². The highest BCUT2D eigenvalue weighted by atomic mass is 16.3. The van der Waals surface area contributed by atoms with Crippen LogP contribution in [0.1, 0.15) is 17.0 Å². The second-order valence-corrected chi connectivity index (χ2v) is 3.25. The molecular weight excluding hydrogens is 166 g/mol. The molecule has 0 fully saturated rings. The lowest BCUT2D eigenvalue weighted by atomic mass is 10.1. The minimum atomic E-state index is 0.306.